The number of likely N-dealkylation sites (N-methyl/N-ethyl adjacent to an activating group) is 1. The molecule has 0 bridgehead atoms. The zero-order valence-electron chi connectivity index (χ0n) is 18.9. The van der Waals surface area contributed by atoms with Gasteiger partial charge in [0.25, 0.3) is 0 Å². The fourth-order valence-corrected chi connectivity index (χ4v) is 3.31. The van der Waals surface area contributed by atoms with Gasteiger partial charge >= 0.3 is 6.09 Å². The highest BCUT2D eigenvalue weighted by molar-refractivity contribution is 14.0. The van der Waals surface area contributed by atoms with Crippen molar-refractivity contribution in [3.63, 3.8) is 0 Å². The number of piperidine rings is 1. The largest absolute Gasteiger partial charge is 0.468 e. The van der Waals surface area contributed by atoms with E-state index in [4.69, 9.17) is 9.15 Å². The highest BCUT2D eigenvalue weighted by atomic mass is 127. The molecule has 1 aromatic heterocycles. The van der Waals surface area contributed by atoms with Crippen LogP contribution in [0.5, 0.6) is 0 Å². The normalized spacial score (nSPS) is 16.4. The number of ether oxygens (including phenoxy) is 1. The molecular formula is C21H38IN5O3. The summed E-state index contributed by atoms with van der Waals surface area (Å²) in [6.07, 6.45) is 5.14. The van der Waals surface area contributed by atoms with Crippen molar-refractivity contribution in [1.82, 2.24) is 20.4 Å². The zero-order valence-corrected chi connectivity index (χ0v) is 21.3. The molecule has 1 saturated heterocycles. The van der Waals surface area contributed by atoms with Gasteiger partial charge in [0.15, 0.2) is 5.96 Å². The molecule has 1 fully saturated rings. The van der Waals surface area contributed by atoms with Crippen LogP contribution in [-0.2, 0) is 4.74 Å². The number of halogens is 1. The van der Waals surface area contributed by atoms with Crippen LogP contribution >= 0.6 is 24.0 Å². The van der Waals surface area contributed by atoms with Crippen LogP contribution in [-0.4, -0.2) is 74.3 Å². The van der Waals surface area contributed by atoms with Crippen LogP contribution in [0.2, 0.25) is 0 Å². The lowest BCUT2D eigenvalue weighted by Crippen LogP contribution is -2.46. The first-order valence-corrected chi connectivity index (χ1v) is 10.5. The molecular weight excluding hydrogens is 497 g/mol. The van der Waals surface area contributed by atoms with Crippen molar-refractivity contribution in [1.29, 1.82) is 0 Å². The molecule has 0 aromatic carbocycles. The molecule has 2 rings (SSSR count). The second-order valence-corrected chi connectivity index (χ2v) is 8.41. The van der Waals surface area contributed by atoms with Crippen LogP contribution in [0.4, 0.5) is 4.79 Å². The van der Waals surface area contributed by atoms with Crippen molar-refractivity contribution < 1.29 is 13.9 Å². The molecule has 2 N–H and O–H groups in total. The summed E-state index contributed by atoms with van der Waals surface area (Å²) in [6, 6.07) is 4.15. The molecule has 30 heavy (non-hydrogen) atoms. The molecule has 0 radical (unpaired) electrons. The Balaban J connectivity index is 0.00000450. The van der Waals surface area contributed by atoms with Gasteiger partial charge < -0.3 is 24.7 Å². The topological polar surface area (TPSA) is 82.3 Å². The van der Waals surface area contributed by atoms with Crippen LogP contribution in [0.3, 0.4) is 0 Å². The third-order valence-corrected chi connectivity index (χ3v) is 4.83. The zero-order chi connectivity index (χ0) is 21.3. The second kappa shape index (κ2) is 13.0. The maximum absolute atomic E-state index is 12.0. The molecule has 1 aliphatic rings. The third-order valence-electron chi connectivity index (χ3n) is 4.83. The first-order valence-electron chi connectivity index (χ1n) is 10.5. The summed E-state index contributed by atoms with van der Waals surface area (Å²) < 4.78 is 11.1. The molecule has 1 amide bonds. The van der Waals surface area contributed by atoms with Crippen LogP contribution < -0.4 is 10.6 Å². The molecule has 1 aromatic rings. The Morgan fingerprint density at radius 1 is 1.30 bits per heavy atom. The average molecular weight is 535 g/mol. The van der Waals surface area contributed by atoms with E-state index in [2.05, 4.69) is 20.5 Å². The Morgan fingerprint density at radius 3 is 2.57 bits per heavy atom. The lowest BCUT2D eigenvalue weighted by molar-refractivity contribution is 0.0302. The predicted molar refractivity (Wildman–Crippen MR) is 131 cm³/mol. The van der Waals surface area contributed by atoms with Gasteiger partial charge in [-0.3, -0.25) is 9.89 Å². The van der Waals surface area contributed by atoms with Gasteiger partial charge in [0.05, 0.1) is 12.3 Å². The van der Waals surface area contributed by atoms with Gasteiger partial charge in [-0.2, -0.15) is 0 Å². The van der Waals surface area contributed by atoms with Crippen molar-refractivity contribution in [3.8, 4) is 0 Å². The Kier molecular flexibility index (Phi) is 11.5. The van der Waals surface area contributed by atoms with Crippen LogP contribution in [0.25, 0.3) is 0 Å². The van der Waals surface area contributed by atoms with Crippen molar-refractivity contribution >= 4 is 36.0 Å². The van der Waals surface area contributed by atoms with E-state index in [0.29, 0.717) is 25.6 Å². The van der Waals surface area contributed by atoms with Crippen LogP contribution in [0, 0.1) is 0 Å². The molecule has 0 spiro atoms. The fourth-order valence-electron chi connectivity index (χ4n) is 3.31. The Labute approximate surface area is 197 Å². The number of amides is 1. The van der Waals surface area contributed by atoms with E-state index in [1.165, 1.54) is 19.3 Å². The monoisotopic (exact) mass is 535 g/mol. The molecule has 172 valence electrons. The van der Waals surface area contributed by atoms with Gasteiger partial charge in [0.1, 0.15) is 11.4 Å². The van der Waals surface area contributed by atoms with E-state index in [9.17, 15) is 4.79 Å². The average Bonchev–Trinajstić information content (AvgIpc) is 3.20. The lowest BCUT2D eigenvalue weighted by Gasteiger charge is -2.33. The van der Waals surface area contributed by atoms with E-state index in [1.807, 2.05) is 32.9 Å². The van der Waals surface area contributed by atoms with E-state index in [1.54, 1.807) is 25.3 Å². The molecule has 1 unspecified atom stereocenters. The van der Waals surface area contributed by atoms with Gasteiger partial charge in [-0.1, -0.05) is 6.42 Å². The minimum Gasteiger partial charge on any atom is -0.468 e. The highest BCUT2D eigenvalue weighted by Crippen LogP contribution is 2.24. The minimum atomic E-state index is -0.494. The van der Waals surface area contributed by atoms with Crippen LogP contribution in [0.15, 0.2) is 27.8 Å². The summed E-state index contributed by atoms with van der Waals surface area (Å²) in [5, 5.41) is 6.66. The number of nitrogens with one attached hydrogen (secondary N) is 2. The van der Waals surface area contributed by atoms with E-state index < -0.39 is 5.60 Å². The first kappa shape index (κ1) is 26.5. The smallest absolute Gasteiger partial charge is 0.410 e. The summed E-state index contributed by atoms with van der Waals surface area (Å²) in [7, 11) is 3.48. The fraction of sp³-hybridized carbons (Fsp3) is 0.714. The summed E-state index contributed by atoms with van der Waals surface area (Å²) in [6.45, 7) is 9.55. The Bertz CT molecular complexity index is 640. The number of hydrogen-bond donors (Lipinski definition) is 2. The van der Waals surface area contributed by atoms with E-state index in [-0.39, 0.29) is 36.1 Å². The summed E-state index contributed by atoms with van der Waals surface area (Å²) >= 11 is 0. The van der Waals surface area contributed by atoms with Crippen molar-refractivity contribution in [3.05, 3.63) is 24.2 Å². The second-order valence-electron chi connectivity index (χ2n) is 8.41. The molecule has 1 aliphatic heterocycles. The molecule has 9 heteroatoms. The number of carbonyl (C=O) groups excluding carboxylic acids is 1. The number of guanidine groups is 1. The number of hydrogen-bond acceptors (Lipinski definition) is 5. The van der Waals surface area contributed by atoms with Crippen molar-refractivity contribution in [2.45, 2.75) is 51.7 Å². The number of aliphatic imine (C=N–C) groups is 1. The number of nitrogens with zero attached hydrogens (tertiary/aromatic N) is 3. The van der Waals surface area contributed by atoms with Gasteiger partial charge in [0, 0.05) is 33.7 Å². The quantitative estimate of drug-likeness (QED) is 0.316. The molecule has 8 nitrogen and oxygen atoms in total. The Hall–Kier alpha value is -1.49. The number of rotatable bonds is 7. The first-order chi connectivity index (χ1) is 13.8. The highest BCUT2D eigenvalue weighted by Gasteiger charge is 2.24. The minimum absolute atomic E-state index is 0. The molecule has 2 heterocycles. The summed E-state index contributed by atoms with van der Waals surface area (Å²) in [5.41, 5.74) is -0.494. The maximum atomic E-state index is 12.0. The summed E-state index contributed by atoms with van der Waals surface area (Å²) in [5.74, 6) is 1.68. The Morgan fingerprint density at radius 2 is 2.00 bits per heavy atom. The van der Waals surface area contributed by atoms with E-state index >= 15 is 0 Å². The van der Waals surface area contributed by atoms with E-state index in [0.717, 1.165) is 18.8 Å². The van der Waals surface area contributed by atoms with Crippen molar-refractivity contribution in [2.24, 2.45) is 4.99 Å². The third kappa shape index (κ3) is 9.11. The van der Waals surface area contributed by atoms with Gasteiger partial charge in [-0.15, -0.1) is 24.0 Å². The van der Waals surface area contributed by atoms with Gasteiger partial charge in [-0.25, -0.2) is 4.79 Å². The lowest BCUT2D eigenvalue weighted by atomic mass is 10.1. The molecule has 1 atom stereocenters. The number of likely N-dealkylation sites (tertiary alicyclic amines) is 1. The molecule has 0 saturated carbocycles. The number of carbonyl (C=O) groups is 1. The van der Waals surface area contributed by atoms with Crippen molar-refractivity contribution in [2.75, 3.05) is 46.8 Å². The van der Waals surface area contributed by atoms with Gasteiger partial charge in [-0.05, 0) is 58.8 Å². The van der Waals surface area contributed by atoms with Gasteiger partial charge in [0.2, 0.25) is 0 Å². The maximum Gasteiger partial charge on any atom is 0.410 e. The molecule has 0 aliphatic carbocycles. The number of furan rings is 1. The SMILES string of the molecule is CN=C(NCCN(C)C(=O)OC(C)(C)C)NCC(c1ccco1)N1CCCCC1.I. The summed E-state index contributed by atoms with van der Waals surface area (Å²) in [4.78, 5) is 20.4. The standard InChI is InChI=1S/C21H37N5O3.HI/c1-21(2,3)29-20(27)25(5)14-11-23-19(22-4)24-16-17(18-10-9-15-28-18)26-12-7-6-8-13-26;/h9-10,15,17H,6-8,11-14,16H2,1-5H3,(H2,22,23,24);1H. The predicted octanol–water partition coefficient (Wildman–Crippen LogP) is 3.46. The van der Waals surface area contributed by atoms with Crippen LogP contribution in [0.1, 0.15) is 51.8 Å².